The maximum atomic E-state index is 12.3. The first-order valence-corrected chi connectivity index (χ1v) is 21.5. The maximum absolute atomic E-state index is 12.3. The fourth-order valence-electron chi connectivity index (χ4n) is 3.71. The van der Waals surface area contributed by atoms with E-state index in [1.807, 2.05) is 13.8 Å². The molecule has 0 bridgehead atoms. The second-order valence-corrected chi connectivity index (χ2v) is 18.0. The Balaban J connectivity index is 2.20. The van der Waals surface area contributed by atoms with Crippen molar-refractivity contribution < 1.29 is 79.6 Å². The normalized spacial score (nSPS) is 21.7. The van der Waals surface area contributed by atoms with Crippen LogP contribution in [0.5, 0.6) is 0 Å². The van der Waals surface area contributed by atoms with Crippen LogP contribution in [0.25, 0.3) is 0 Å². The topological polar surface area (TPSA) is 232 Å². The Labute approximate surface area is 278 Å². The smallest absolute Gasteiger partial charge is 0.379 e. The number of carbonyl (C=O) groups is 1. The van der Waals surface area contributed by atoms with Crippen LogP contribution in [0.15, 0.2) is 0 Å². The largest absolute Gasteiger partial charge is 0.490 e. The first-order chi connectivity index (χ1) is 21.4. The van der Waals surface area contributed by atoms with Crippen molar-refractivity contribution in [2.45, 2.75) is 82.9 Å². The van der Waals surface area contributed by atoms with Crippen molar-refractivity contribution in [2.75, 3.05) is 65.4 Å². The zero-order chi connectivity index (χ0) is 34.7. The number of hydrogen-bond acceptors (Lipinski definition) is 15. The van der Waals surface area contributed by atoms with E-state index in [9.17, 15) is 28.3 Å². The van der Waals surface area contributed by atoms with Gasteiger partial charge in [-0.1, -0.05) is 28.5 Å². The molecule has 1 saturated heterocycles. The first-order valence-electron chi connectivity index (χ1n) is 14.6. The van der Waals surface area contributed by atoms with Crippen LogP contribution in [0.2, 0.25) is 0 Å². The molecule has 5 atom stereocenters. The van der Waals surface area contributed by atoms with Gasteiger partial charge in [-0.25, -0.2) is 13.7 Å². The molecule has 0 spiro atoms. The van der Waals surface area contributed by atoms with Crippen molar-refractivity contribution in [2.24, 2.45) is 0 Å². The highest BCUT2D eigenvalue weighted by Crippen LogP contribution is 2.66. The molecule has 1 heterocycles. The summed E-state index contributed by atoms with van der Waals surface area (Å²) in [6, 6.07) is 0. The Morgan fingerprint density at radius 3 is 1.98 bits per heavy atom. The van der Waals surface area contributed by atoms with Crippen molar-refractivity contribution in [3.63, 3.8) is 0 Å². The van der Waals surface area contributed by atoms with E-state index in [2.05, 4.69) is 20.1 Å². The van der Waals surface area contributed by atoms with E-state index in [-0.39, 0.29) is 22.6 Å². The molecule has 0 aromatic carbocycles. The standard InChI is InChI=1S/C24H49O17P3S2/c1-5-9-33-11-13-35-15-16-36-14-12-34-10-7-21(25)6-8-24(3,4)46-45-19-37-22-17-20(2)39-23(22)18-38-43(29,30)41-44(31,32)40-42(26,27)28/h20,22-23H,5-19H2,1-4H3,(H,29,30)(H,31,32)(H2,26,27,28)/t20-,22?,23+/m0/s1. The Morgan fingerprint density at radius 1 is 0.848 bits per heavy atom. The molecule has 1 rings (SSSR count). The summed E-state index contributed by atoms with van der Waals surface area (Å²) in [5.74, 6) is 0.328. The molecular weight excluding hydrogens is 717 g/mol. The number of rotatable bonds is 29. The Hall–Kier alpha value is 0.540. The van der Waals surface area contributed by atoms with Gasteiger partial charge in [0.05, 0.1) is 65.1 Å². The zero-order valence-corrected chi connectivity index (χ0v) is 30.9. The average molecular weight is 767 g/mol. The van der Waals surface area contributed by atoms with Gasteiger partial charge in [-0.2, -0.15) is 8.62 Å². The molecule has 4 N–H and O–H groups in total. The second kappa shape index (κ2) is 23.1. The van der Waals surface area contributed by atoms with Crippen LogP contribution in [0.3, 0.4) is 0 Å². The molecule has 1 fully saturated rings. The van der Waals surface area contributed by atoms with Gasteiger partial charge in [0.15, 0.2) is 0 Å². The van der Waals surface area contributed by atoms with Gasteiger partial charge in [0, 0.05) is 30.6 Å². The summed E-state index contributed by atoms with van der Waals surface area (Å²) in [6.07, 6.45) is 1.12. The van der Waals surface area contributed by atoms with Gasteiger partial charge in [-0.05, 0) is 33.6 Å². The summed E-state index contributed by atoms with van der Waals surface area (Å²) in [5, 5.41) is 0. The van der Waals surface area contributed by atoms with E-state index in [1.165, 1.54) is 10.8 Å². The highest BCUT2D eigenvalue weighted by Gasteiger charge is 2.42. The van der Waals surface area contributed by atoms with Crippen LogP contribution < -0.4 is 0 Å². The lowest BCUT2D eigenvalue weighted by molar-refractivity contribution is -0.120. The summed E-state index contributed by atoms with van der Waals surface area (Å²) in [6.45, 7) is 11.2. The molecule has 0 aromatic rings. The zero-order valence-electron chi connectivity index (χ0n) is 26.6. The number of carbonyl (C=O) groups excluding carboxylic acids is 1. The van der Waals surface area contributed by atoms with Gasteiger partial charge in [0.1, 0.15) is 17.8 Å². The third kappa shape index (κ3) is 23.8. The molecule has 46 heavy (non-hydrogen) atoms. The summed E-state index contributed by atoms with van der Waals surface area (Å²) in [4.78, 5) is 48.5. The van der Waals surface area contributed by atoms with Crippen molar-refractivity contribution in [1.82, 2.24) is 0 Å². The van der Waals surface area contributed by atoms with E-state index < -0.39 is 42.3 Å². The molecule has 3 unspecified atom stereocenters. The lowest BCUT2D eigenvalue weighted by Gasteiger charge is -2.24. The number of phosphoric ester groups is 1. The van der Waals surface area contributed by atoms with Gasteiger partial charge in [0.2, 0.25) is 0 Å². The minimum atomic E-state index is -5.61. The molecule has 22 heteroatoms. The fourth-order valence-corrected chi connectivity index (χ4v) is 9.04. The summed E-state index contributed by atoms with van der Waals surface area (Å²) in [5.41, 5.74) is 0. The molecule has 0 amide bonds. The average Bonchev–Trinajstić information content (AvgIpc) is 3.28. The van der Waals surface area contributed by atoms with E-state index in [4.69, 9.17) is 38.2 Å². The monoisotopic (exact) mass is 766 g/mol. The Bertz CT molecular complexity index is 1000. The van der Waals surface area contributed by atoms with Gasteiger partial charge < -0.3 is 48.0 Å². The number of ketones is 1. The summed E-state index contributed by atoms with van der Waals surface area (Å²) < 4.78 is 79.2. The summed E-state index contributed by atoms with van der Waals surface area (Å²) >= 11 is 0. The minimum absolute atomic E-state index is 0.102. The molecule has 274 valence electrons. The van der Waals surface area contributed by atoms with Crippen LogP contribution in [-0.4, -0.2) is 114 Å². The minimum Gasteiger partial charge on any atom is -0.379 e. The number of Topliss-reactive ketones (excluding diaryl/α,β-unsaturated/α-hetero) is 1. The predicted octanol–water partition coefficient (Wildman–Crippen LogP) is 4.23. The quantitative estimate of drug-likeness (QED) is 0.0361. The van der Waals surface area contributed by atoms with Gasteiger partial charge in [-0.15, -0.1) is 0 Å². The predicted molar refractivity (Wildman–Crippen MR) is 170 cm³/mol. The van der Waals surface area contributed by atoms with Crippen molar-refractivity contribution in [3.05, 3.63) is 0 Å². The SMILES string of the molecule is CCCOCCOCCOCCOCCC(=O)CCC(C)(C)SSCOC1C[C@H](C)O[C@@H]1COP(=O)(O)OP(=O)(O)OP(=O)(O)O. The highest BCUT2D eigenvalue weighted by atomic mass is 33.1. The number of ether oxygens (including phenoxy) is 6. The number of phosphoric acid groups is 3. The Kier molecular flexibility index (Phi) is 22.4. The molecule has 0 radical (unpaired) electrons. The van der Waals surface area contributed by atoms with Crippen LogP contribution in [0.4, 0.5) is 0 Å². The van der Waals surface area contributed by atoms with E-state index in [0.29, 0.717) is 71.9 Å². The summed E-state index contributed by atoms with van der Waals surface area (Å²) in [7, 11) is -13.4. The van der Waals surface area contributed by atoms with Crippen molar-refractivity contribution in [3.8, 4) is 0 Å². The van der Waals surface area contributed by atoms with Crippen molar-refractivity contribution >= 4 is 50.8 Å². The van der Waals surface area contributed by atoms with Gasteiger partial charge in [0.25, 0.3) is 0 Å². The van der Waals surface area contributed by atoms with E-state index in [1.54, 1.807) is 17.7 Å². The molecule has 0 aliphatic carbocycles. The highest BCUT2D eigenvalue weighted by molar-refractivity contribution is 8.77. The number of hydrogen-bond donors (Lipinski definition) is 4. The van der Waals surface area contributed by atoms with Crippen LogP contribution in [0.1, 0.15) is 59.8 Å². The Morgan fingerprint density at radius 2 is 1.41 bits per heavy atom. The maximum Gasteiger partial charge on any atom is 0.490 e. The molecule has 0 saturated carbocycles. The first kappa shape index (κ1) is 44.6. The lowest BCUT2D eigenvalue weighted by atomic mass is 10.0. The van der Waals surface area contributed by atoms with Crippen LogP contribution in [0, 0.1) is 0 Å². The lowest BCUT2D eigenvalue weighted by Crippen LogP contribution is -2.29. The van der Waals surface area contributed by atoms with Gasteiger partial charge >= 0.3 is 23.5 Å². The third-order valence-electron chi connectivity index (χ3n) is 5.81. The molecule has 1 aliphatic rings. The van der Waals surface area contributed by atoms with E-state index >= 15 is 0 Å². The molecule has 17 nitrogen and oxygen atoms in total. The fraction of sp³-hybridized carbons (Fsp3) is 0.958. The molecule has 1 aliphatic heterocycles. The third-order valence-corrected chi connectivity index (χ3v) is 12.6. The van der Waals surface area contributed by atoms with Gasteiger partial charge in [-0.3, -0.25) is 9.32 Å². The van der Waals surface area contributed by atoms with Crippen LogP contribution in [-0.2, 0) is 60.1 Å². The molecular formula is C24H49O17P3S2. The van der Waals surface area contributed by atoms with E-state index in [0.717, 1.165) is 13.0 Å². The second-order valence-electron chi connectivity index (χ2n) is 10.6. The molecule has 0 aromatic heterocycles. The van der Waals surface area contributed by atoms with Crippen LogP contribution >= 0.6 is 45.1 Å². The van der Waals surface area contributed by atoms with Crippen molar-refractivity contribution in [1.29, 1.82) is 0 Å².